The van der Waals surface area contributed by atoms with Gasteiger partial charge in [-0.05, 0) is 24.7 Å². The van der Waals surface area contributed by atoms with Crippen LogP contribution in [-0.2, 0) is 17.9 Å². The zero-order valence-electron chi connectivity index (χ0n) is 13.6. The van der Waals surface area contributed by atoms with Crippen molar-refractivity contribution in [1.29, 1.82) is 0 Å². The molecule has 0 radical (unpaired) electrons. The van der Waals surface area contributed by atoms with Gasteiger partial charge in [0.2, 0.25) is 5.91 Å². The van der Waals surface area contributed by atoms with Gasteiger partial charge in [0.15, 0.2) is 0 Å². The Bertz CT molecular complexity index is 475. The van der Waals surface area contributed by atoms with Crippen molar-refractivity contribution in [3.63, 3.8) is 0 Å². The maximum atomic E-state index is 12.0. The molecule has 0 aliphatic carbocycles. The van der Waals surface area contributed by atoms with Crippen LogP contribution in [0.15, 0.2) is 24.3 Å². The van der Waals surface area contributed by atoms with Gasteiger partial charge in [-0.2, -0.15) is 11.8 Å². The summed E-state index contributed by atoms with van der Waals surface area (Å²) in [6.07, 6.45) is 0.575. The van der Waals surface area contributed by atoms with E-state index in [9.17, 15) is 4.79 Å². The predicted octanol–water partition coefficient (Wildman–Crippen LogP) is 1.85. The molecule has 2 rings (SSSR count). The first-order valence-electron chi connectivity index (χ1n) is 8.01. The van der Waals surface area contributed by atoms with Crippen molar-refractivity contribution < 1.29 is 4.79 Å². The minimum atomic E-state index is 0.135. The summed E-state index contributed by atoms with van der Waals surface area (Å²) < 4.78 is 0. The lowest BCUT2D eigenvalue weighted by atomic mass is 10.1. The molecule has 0 saturated carbocycles. The number of rotatable bonds is 7. The molecule has 1 amide bonds. The molecule has 1 atom stereocenters. The normalized spacial score (nSPS) is 18.4. The van der Waals surface area contributed by atoms with E-state index in [-0.39, 0.29) is 5.91 Å². The zero-order chi connectivity index (χ0) is 15.8. The lowest BCUT2D eigenvalue weighted by Gasteiger charge is -2.22. The summed E-state index contributed by atoms with van der Waals surface area (Å²) in [7, 11) is 2.11. The Labute approximate surface area is 138 Å². The minimum absolute atomic E-state index is 0.135. The summed E-state index contributed by atoms with van der Waals surface area (Å²) in [5.41, 5.74) is 2.46. The van der Waals surface area contributed by atoms with Crippen LogP contribution in [0.3, 0.4) is 0 Å². The summed E-state index contributed by atoms with van der Waals surface area (Å²) in [4.78, 5) is 14.3. The van der Waals surface area contributed by atoms with Crippen molar-refractivity contribution >= 4 is 17.7 Å². The van der Waals surface area contributed by atoms with Gasteiger partial charge in [-0.15, -0.1) is 0 Å². The van der Waals surface area contributed by atoms with Crippen LogP contribution in [-0.4, -0.2) is 48.5 Å². The molecule has 2 N–H and O–H groups in total. The van der Waals surface area contributed by atoms with Crippen LogP contribution >= 0.6 is 11.8 Å². The molecule has 1 aliphatic rings. The van der Waals surface area contributed by atoms with Crippen LogP contribution in [0.4, 0.5) is 0 Å². The molecule has 0 spiro atoms. The predicted molar refractivity (Wildman–Crippen MR) is 94.0 cm³/mol. The highest BCUT2D eigenvalue weighted by molar-refractivity contribution is 7.99. The fraction of sp³-hybridized carbons (Fsp3) is 0.588. The number of hydrogen-bond acceptors (Lipinski definition) is 4. The number of carbonyl (C=O) groups excluding carboxylic acids is 1. The Balaban J connectivity index is 1.78. The fourth-order valence-corrected chi connectivity index (χ4v) is 3.46. The van der Waals surface area contributed by atoms with E-state index in [1.165, 1.54) is 11.1 Å². The molecule has 122 valence electrons. The number of hydrogen-bond donors (Lipinski definition) is 2. The molecule has 1 unspecified atom stereocenters. The third-order valence-electron chi connectivity index (χ3n) is 3.90. The Morgan fingerprint density at radius 3 is 3.00 bits per heavy atom. The molecule has 1 saturated heterocycles. The molecule has 1 fully saturated rings. The molecule has 1 aromatic carbocycles. The van der Waals surface area contributed by atoms with Crippen molar-refractivity contribution in [2.45, 2.75) is 32.5 Å². The lowest BCUT2D eigenvalue weighted by Crippen LogP contribution is -2.41. The van der Waals surface area contributed by atoms with E-state index in [1.54, 1.807) is 0 Å². The van der Waals surface area contributed by atoms with Crippen LogP contribution in [0.2, 0.25) is 0 Å². The molecule has 22 heavy (non-hydrogen) atoms. The number of nitrogens with one attached hydrogen (secondary N) is 2. The second-order valence-electron chi connectivity index (χ2n) is 5.86. The average Bonchev–Trinajstić information content (AvgIpc) is 2.54. The number of amides is 1. The number of nitrogens with zero attached hydrogens (tertiary/aromatic N) is 1. The van der Waals surface area contributed by atoms with Gasteiger partial charge in [-0.25, -0.2) is 0 Å². The quantitative estimate of drug-likeness (QED) is 0.804. The maximum Gasteiger partial charge on any atom is 0.221 e. The van der Waals surface area contributed by atoms with Gasteiger partial charge >= 0.3 is 0 Å². The van der Waals surface area contributed by atoms with Gasteiger partial charge in [0, 0.05) is 43.6 Å². The van der Waals surface area contributed by atoms with Gasteiger partial charge in [0.05, 0.1) is 0 Å². The first-order chi connectivity index (χ1) is 10.7. The Hall–Kier alpha value is -1.04. The molecule has 0 bridgehead atoms. The van der Waals surface area contributed by atoms with E-state index >= 15 is 0 Å². The SMILES string of the molecule is CCN(C)Cc1cccc(CNC(=O)CC2CSCCN2)c1. The maximum absolute atomic E-state index is 12.0. The lowest BCUT2D eigenvalue weighted by molar-refractivity contribution is -0.121. The highest BCUT2D eigenvalue weighted by Crippen LogP contribution is 2.11. The van der Waals surface area contributed by atoms with Gasteiger partial charge in [-0.1, -0.05) is 31.2 Å². The van der Waals surface area contributed by atoms with E-state index in [4.69, 9.17) is 0 Å². The molecule has 5 heteroatoms. The molecule has 1 aliphatic heterocycles. The number of thioether (sulfide) groups is 1. The molecule has 1 aromatic rings. The Morgan fingerprint density at radius 2 is 2.27 bits per heavy atom. The monoisotopic (exact) mass is 321 g/mol. The molecular formula is C17H27N3OS. The fourth-order valence-electron chi connectivity index (χ4n) is 2.51. The molecule has 1 heterocycles. The Kier molecular flexibility index (Phi) is 7.22. The third kappa shape index (κ3) is 5.99. The van der Waals surface area contributed by atoms with Crippen molar-refractivity contribution in [2.24, 2.45) is 0 Å². The standard InChI is InChI=1S/C17H27N3OS/c1-3-20(2)12-15-6-4-5-14(9-15)11-19-17(21)10-16-13-22-8-7-18-16/h4-6,9,16,18H,3,7-8,10-13H2,1-2H3,(H,19,21). The van der Waals surface area contributed by atoms with Crippen LogP contribution < -0.4 is 10.6 Å². The average molecular weight is 321 g/mol. The van der Waals surface area contributed by atoms with E-state index in [0.29, 0.717) is 19.0 Å². The first kappa shape index (κ1) is 17.3. The van der Waals surface area contributed by atoms with Crippen molar-refractivity contribution in [3.8, 4) is 0 Å². The van der Waals surface area contributed by atoms with E-state index < -0.39 is 0 Å². The highest BCUT2D eigenvalue weighted by Gasteiger charge is 2.16. The molecular weight excluding hydrogens is 294 g/mol. The van der Waals surface area contributed by atoms with E-state index in [2.05, 4.69) is 53.8 Å². The minimum Gasteiger partial charge on any atom is -0.352 e. The smallest absolute Gasteiger partial charge is 0.221 e. The van der Waals surface area contributed by atoms with Gasteiger partial charge in [0.25, 0.3) is 0 Å². The van der Waals surface area contributed by atoms with Crippen LogP contribution in [0.25, 0.3) is 0 Å². The zero-order valence-corrected chi connectivity index (χ0v) is 14.4. The van der Waals surface area contributed by atoms with Crippen LogP contribution in [0.5, 0.6) is 0 Å². The second-order valence-corrected chi connectivity index (χ2v) is 7.01. The van der Waals surface area contributed by atoms with E-state index in [1.807, 2.05) is 11.8 Å². The van der Waals surface area contributed by atoms with Crippen molar-refractivity contribution in [1.82, 2.24) is 15.5 Å². The first-order valence-corrected chi connectivity index (χ1v) is 9.17. The van der Waals surface area contributed by atoms with Crippen molar-refractivity contribution in [3.05, 3.63) is 35.4 Å². The molecule has 4 nitrogen and oxygen atoms in total. The largest absolute Gasteiger partial charge is 0.352 e. The van der Waals surface area contributed by atoms with Gasteiger partial charge in [-0.3, -0.25) is 4.79 Å². The summed E-state index contributed by atoms with van der Waals surface area (Å²) in [5.74, 6) is 2.32. The van der Waals surface area contributed by atoms with E-state index in [0.717, 1.165) is 31.1 Å². The van der Waals surface area contributed by atoms with Gasteiger partial charge < -0.3 is 15.5 Å². The number of carbonyl (C=O) groups is 1. The van der Waals surface area contributed by atoms with Crippen LogP contribution in [0, 0.1) is 0 Å². The summed E-state index contributed by atoms with van der Waals surface area (Å²) >= 11 is 1.92. The summed E-state index contributed by atoms with van der Waals surface area (Å²) in [6, 6.07) is 8.79. The van der Waals surface area contributed by atoms with Crippen molar-refractivity contribution in [2.75, 3.05) is 31.6 Å². The number of benzene rings is 1. The van der Waals surface area contributed by atoms with Crippen LogP contribution in [0.1, 0.15) is 24.5 Å². The third-order valence-corrected chi connectivity index (χ3v) is 5.03. The Morgan fingerprint density at radius 1 is 1.45 bits per heavy atom. The highest BCUT2D eigenvalue weighted by atomic mass is 32.2. The summed E-state index contributed by atoms with van der Waals surface area (Å²) in [5, 5.41) is 6.44. The topological polar surface area (TPSA) is 44.4 Å². The summed E-state index contributed by atoms with van der Waals surface area (Å²) in [6.45, 7) is 5.76. The second kappa shape index (κ2) is 9.18. The molecule has 0 aromatic heterocycles. The van der Waals surface area contributed by atoms with Gasteiger partial charge in [0.1, 0.15) is 0 Å².